The minimum Gasteiger partial charge on any atom is -0.493 e. The number of rotatable bonds is 7. The summed E-state index contributed by atoms with van der Waals surface area (Å²) in [6.45, 7) is 2.55. The second-order valence-corrected chi connectivity index (χ2v) is 8.74. The van der Waals surface area contributed by atoms with Crippen LogP contribution in [-0.2, 0) is 0 Å². The summed E-state index contributed by atoms with van der Waals surface area (Å²) < 4.78 is 18.4. The van der Waals surface area contributed by atoms with Crippen LogP contribution in [-0.4, -0.2) is 76.3 Å². The van der Waals surface area contributed by atoms with Crippen LogP contribution in [0, 0.1) is 0 Å². The van der Waals surface area contributed by atoms with Crippen molar-refractivity contribution in [3.05, 3.63) is 53.7 Å². The Balaban J connectivity index is 0.00000289. The van der Waals surface area contributed by atoms with Crippen molar-refractivity contribution in [1.29, 1.82) is 0 Å². The van der Waals surface area contributed by atoms with Gasteiger partial charge >= 0.3 is 0 Å². The van der Waals surface area contributed by atoms with Gasteiger partial charge in [-0.1, -0.05) is 18.9 Å². The first kappa shape index (κ1) is 25.0. The molecule has 1 aliphatic carbocycles. The number of nitrogens with zero attached hydrogens (tertiary/aromatic N) is 6. The van der Waals surface area contributed by atoms with Crippen molar-refractivity contribution in [2.75, 3.05) is 40.4 Å². The molecular formula is C24H31ClN6O4. The van der Waals surface area contributed by atoms with E-state index in [1.165, 1.54) is 19.1 Å². The van der Waals surface area contributed by atoms with Gasteiger partial charge in [0.2, 0.25) is 0 Å². The molecule has 1 amide bonds. The number of aromatic nitrogens is 4. The molecule has 1 saturated carbocycles. The summed E-state index contributed by atoms with van der Waals surface area (Å²) in [6.07, 6.45) is 6.08. The average Bonchev–Trinajstić information content (AvgIpc) is 3.67. The van der Waals surface area contributed by atoms with Crippen molar-refractivity contribution < 1.29 is 18.7 Å². The van der Waals surface area contributed by atoms with Crippen molar-refractivity contribution in [3.63, 3.8) is 0 Å². The van der Waals surface area contributed by atoms with E-state index in [2.05, 4.69) is 20.4 Å². The Morgan fingerprint density at radius 1 is 1.06 bits per heavy atom. The fourth-order valence-electron chi connectivity index (χ4n) is 5.07. The highest BCUT2D eigenvalue weighted by atomic mass is 35.5. The highest BCUT2D eigenvalue weighted by Crippen LogP contribution is 2.37. The Morgan fingerprint density at radius 2 is 1.80 bits per heavy atom. The smallest absolute Gasteiger partial charge is 0.289 e. The lowest BCUT2D eigenvalue weighted by Gasteiger charge is -2.39. The van der Waals surface area contributed by atoms with E-state index in [-0.39, 0.29) is 24.4 Å². The van der Waals surface area contributed by atoms with Crippen molar-refractivity contribution in [2.45, 2.75) is 37.8 Å². The summed E-state index contributed by atoms with van der Waals surface area (Å²) in [5.41, 5.74) is 1.03. The van der Waals surface area contributed by atoms with Crippen LogP contribution in [0.4, 0.5) is 0 Å². The monoisotopic (exact) mass is 502 g/mol. The molecule has 1 saturated heterocycles. The maximum atomic E-state index is 12.8. The second kappa shape index (κ2) is 11.1. The number of amides is 1. The molecule has 1 aromatic carbocycles. The first-order valence-corrected chi connectivity index (χ1v) is 11.8. The van der Waals surface area contributed by atoms with E-state index in [4.69, 9.17) is 13.9 Å². The number of hydrogen-bond acceptors (Lipinski definition) is 8. The number of carbonyl (C=O) groups excluding carboxylic acids is 1. The van der Waals surface area contributed by atoms with Crippen LogP contribution in [0.2, 0.25) is 0 Å². The molecule has 188 valence electrons. The van der Waals surface area contributed by atoms with Crippen LogP contribution >= 0.6 is 12.4 Å². The van der Waals surface area contributed by atoms with Gasteiger partial charge < -0.3 is 18.8 Å². The molecule has 0 bridgehead atoms. The van der Waals surface area contributed by atoms with Gasteiger partial charge in [0.25, 0.3) is 5.91 Å². The number of tetrazole rings is 1. The number of halogens is 1. The predicted molar refractivity (Wildman–Crippen MR) is 130 cm³/mol. The van der Waals surface area contributed by atoms with Crippen molar-refractivity contribution >= 4 is 18.3 Å². The van der Waals surface area contributed by atoms with Gasteiger partial charge in [-0.25, -0.2) is 4.68 Å². The van der Waals surface area contributed by atoms with Gasteiger partial charge in [-0.3, -0.25) is 9.69 Å². The van der Waals surface area contributed by atoms with Gasteiger partial charge in [0, 0.05) is 26.2 Å². The van der Waals surface area contributed by atoms with Crippen LogP contribution < -0.4 is 9.47 Å². The van der Waals surface area contributed by atoms with Gasteiger partial charge in [0.1, 0.15) is 0 Å². The maximum absolute atomic E-state index is 12.8. The molecule has 35 heavy (non-hydrogen) atoms. The molecule has 3 heterocycles. The van der Waals surface area contributed by atoms with Gasteiger partial charge in [-0.05, 0) is 53.1 Å². The van der Waals surface area contributed by atoms with Crippen molar-refractivity contribution in [3.8, 4) is 11.5 Å². The standard InChI is InChI=1S/C24H30N6O4.ClH/c1-32-19-10-9-17(16-21(19)33-2)22(23-25-26-27-30(23)18-6-3-4-7-18)28-11-13-29(14-12-28)24(31)20-8-5-15-34-20;/h5,8-10,15-16,18,22H,3-4,6-7,11-14H2,1-2H3;1H. The van der Waals surface area contributed by atoms with Gasteiger partial charge in [0.05, 0.1) is 32.6 Å². The molecule has 1 atom stereocenters. The molecule has 11 heteroatoms. The summed E-state index contributed by atoms with van der Waals surface area (Å²) >= 11 is 0. The van der Waals surface area contributed by atoms with Crippen LogP contribution in [0.1, 0.15) is 59.7 Å². The molecule has 10 nitrogen and oxygen atoms in total. The molecule has 0 N–H and O–H groups in total. The van der Waals surface area contributed by atoms with Crippen LogP contribution in [0.5, 0.6) is 11.5 Å². The number of ether oxygens (including phenoxy) is 2. The maximum Gasteiger partial charge on any atom is 0.289 e. The largest absolute Gasteiger partial charge is 0.493 e. The summed E-state index contributed by atoms with van der Waals surface area (Å²) in [7, 11) is 3.27. The minimum atomic E-state index is -0.170. The molecule has 5 rings (SSSR count). The topological polar surface area (TPSA) is 98.8 Å². The molecule has 2 aromatic heterocycles. The van der Waals surface area contributed by atoms with Gasteiger partial charge in [-0.15, -0.1) is 17.5 Å². The molecule has 1 aliphatic heterocycles. The number of methoxy groups -OCH3 is 2. The Morgan fingerprint density at radius 3 is 2.46 bits per heavy atom. The number of benzene rings is 1. The third-order valence-corrected chi connectivity index (χ3v) is 6.86. The third kappa shape index (κ3) is 4.99. The fraction of sp³-hybridized carbons (Fsp3) is 0.500. The first-order chi connectivity index (χ1) is 16.7. The summed E-state index contributed by atoms with van der Waals surface area (Å²) in [5.74, 6) is 2.45. The zero-order valence-electron chi connectivity index (χ0n) is 20.0. The molecule has 3 aromatic rings. The number of piperazine rings is 1. The van der Waals surface area contributed by atoms with Gasteiger partial charge in [0.15, 0.2) is 23.1 Å². The number of furan rings is 1. The number of carbonyl (C=O) groups is 1. The lowest BCUT2D eigenvalue weighted by molar-refractivity contribution is 0.0558. The molecule has 2 aliphatic rings. The molecule has 1 unspecified atom stereocenters. The van der Waals surface area contributed by atoms with Crippen LogP contribution in [0.3, 0.4) is 0 Å². The van der Waals surface area contributed by atoms with E-state index in [1.807, 2.05) is 27.8 Å². The normalized spacial score (nSPS) is 17.7. The van der Waals surface area contributed by atoms with Gasteiger partial charge in [-0.2, -0.15) is 0 Å². The van der Waals surface area contributed by atoms with E-state index in [1.54, 1.807) is 26.4 Å². The fourth-order valence-corrected chi connectivity index (χ4v) is 5.07. The molecule has 0 spiro atoms. The zero-order chi connectivity index (χ0) is 23.5. The Hall–Kier alpha value is -3.11. The summed E-state index contributed by atoms with van der Waals surface area (Å²) in [6, 6.07) is 9.54. The summed E-state index contributed by atoms with van der Waals surface area (Å²) in [4.78, 5) is 16.9. The van der Waals surface area contributed by atoms with E-state index in [0.717, 1.165) is 24.2 Å². The Kier molecular flexibility index (Phi) is 7.92. The van der Waals surface area contributed by atoms with E-state index in [9.17, 15) is 4.79 Å². The van der Waals surface area contributed by atoms with Crippen molar-refractivity contribution in [2.24, 2.45) is 0 Å². The highest BCUT2D eigenvalue weighted by Gasteiger charge is 2.34. The summed E-state index contributed by atoms with van der Waals surface area (Å²) in [5, 5.41) is 13.0. The third-order valence-electron chi connectivity index (χ3n) is 6.86. The van der Waals surface area contributed by atoms with Crippen molar-refractivity contribution in [1.82, 2.24) is 30.0 Å². The zero-order valence-corrected chi connectivity index (χ0v) is 20.8. The minimum absolute atomic E-state index is 0. The predicted octanol–water partition coefficient (Wildman–Crippen LogP) is 3.37. The quantitative estimate of drug-likeness (QED) is 0.485. The van der Waals surface area contributed by atoms with Crippen LogP contribution in [0.15, 0.2) is 41.0 Å². The Labute approximate surface area is 210 Å². The second-order valence-electron chi connectivity index (χ2n) is 8.74. The van der Waals surface area contributed by atoms with Crippen LogP contribution in [0.25, 0.3) is 0 Å². The first-order valence-electron chi connectivity index (χ1n) is 11.8. The van der Waals surface area contributed by atoms with E-state index < -0.39 is 0 Å². The lowest BCUT2D eigenvalue weighted by Crippen LogP contribution is -2.50. The lowest BCUT2D eigenvalue weighted by atomic mass is 10.0. The van der Waals surface area contributed by atoms with E-state index >= 15 is 0 Å². The highest BCUT2D eigenvalue weighted by molar-refractivity contribution is 5.91. The molecule has 2 fully saturated rings. The SMILES string of the molecule is COc1ccc(C(c2nnnn2C2CCCC2)N2CCN(C(=O)c3ccco3)CC2)cc1OC.Cl. The Bertz CT molecular complexity index is 1110. The number of hydrogen-bond donors (Lipinski definition) is 0. The average molecular weight is 503 g/mol. The van der Waals surface area contributed by atoms with E-state index in [0.29, 0.717) is 49.5 Å². The molecular weight excluding hydrogens is 472 g/mol. The molecule has 0 radical (unpaired) electrons.